The first-order valence-corrected chi connectivity index (χ1v) is 5.74. The maximum Gasteiger partial charge on any atom is 0.128 e. The average Bonchev–Trinajstić information content (AvgIpc) is 2.30. The van der Waals surface area contributed by atoms with Gasteiger partial charge in [-0.15, -0.1) is 0 Å². The average molecular weight is 223 g/mol. The number of benzene rings is 1. The lowest BCUT2D eigenvalue weighted by Crippen LogP contribution is -2.35. The Kier molecular flexibility index (Phi) is 3.27. The Morgan fingerprint density at radius 1 is 1.07 bits per heavy atom. The molecule has 3 heteroatoms. The summed E-state index contributed by atoms with van der Waals surface area (Å²) in [4.78, 5) is 2.15. The molecule has 0 unspecified atom stereocenters. The van der Waals surface area contributed by atoms with Crippen LogP contribution in [0, 0.1) is 5.41 Å². The van der Waals surface area contributed by atoms with Crippen molar-refractivity contribution in [2.75, 3.05) is 13.1 Å². The van der Waals surface area contributed by atoms with Crippen LogP contribution >= 0.6 is 11.6 Å². The Hall–Kier alpha value is -1.02. The first kappa shape index (κ1) is 10.5. The van der Waals surface area contributed by atoms with Gasteiger partial charge in [0.25, 0.3) is 0 Å². The highest BCUT2D eigenvalue weighted by atomic mass is 35.5. The van der Waals surface area contributed by atoms with Gasteiger partial charge in [-0.3, -0.25) is 5.41 Å². The summed E-state index contributed by atoms with van der Waals surface area (Å²) in [6.07, 6.45) is 3.70. The summed E-state index contributed by atoms with van der Waals surface area (Å²) in [6, 6.07) is 7.52. The Bertz CT molecular complexity index is 339. The zero-order valence-corrected chi connectivity index (χ0v) is 9.43. The van der Waals surface area contributed by atoms with Crippen LogP contribution in [0.15, 0.2) is 24.3 Å². The molecule has 0 aromatic heterocycles. The second kappa shape index (κ2) is 4.67. The van der Waals surface area contributed by atoms with E-state index in [0.29, 0.717) is 5.84 Å². The lowest BCUT2D eigenvalue weighted by atomic mass is 10.1. The third-order valence-corrected chi connectivity index (χ3v) is 3.04. The first-order valence-electron chi connectivity index (χ1n) is 5.37. The highest BCUT2D eigenvalue weighted by Crippen LogP contribution is 2.15. The Morgan fingerprint density at radius 2 is 1.67 bits per heavy atom. The molecular weight excluding hydrogens is 208 g/mol. The molecule has 1 fully saturated rings. The largest absolute Gasteiger partial charge is 0.357 e. The van der Waals surface area contributed by atoms with E-state index in [9.17, 15) is 0 Å². The lowest BCUT2D eigenvalue weighted by molar-refractivity contribution is 0.341. The van der Waals surface area contributed by atoms with Gasteiger partial charge in [0.15, 0.2) is 0 Å². The van der Waals surface area contributed by atoms with E-state index in [2.05, 4.69) is 4.90 Å². The molecule has 80 valence electrons. The van der Waals surface area contributed by atoms with Crippen LogP contribution in [0.2, 0.25) is 5.02 Å². The number of halogens is 1. The van der Waals surface area contributed by atoms with Crippen molar-refractivity contribution in [1.82, 2.24) is 4.90 Å². The Balaban J connectivity index is 2.09. The monoisotopic (exact) mass is 222 g/mol. The van der Waals surface area contributed by atoms with Gasteiger partial charge in [0, 0.05) is 23.7 Å². The van der Waals surface area contributed by atoms with Crippen LogP contribution in [-0.4, -0.2) is 23.8 Å². The van der Waals surface area contributed by atoms with Crippen molar-refractivity contribution in [2.45, 2.75) is 19.3 Å². The molecule has 1 N–H and O–H groups in total. The van der Waals surface area contributed by atoms with E-state index in [1.165, 1.54) is 19.3 Å². The van der Waals surface area contributed by atoms with Gasteiger partial charge in [-0.1, -0.05) is 11.6 Å². The number of piperidine rings is 1. The SMILES string of the molecule is N=C(c1ccc(Cl)cc1)N1CCCCC1. The molecule has 0 radical (unpaired) electrons. The summed E-state index contributed by atoms with van der Waals surface area (Å²) in [5.41, 5.74) is 0.960. The second-order valence-corrected chi connectivity index (χ2v) is 4.34. The summed E-state index contributed by atoms with van der Waals surface area (Å²) in [7, 11) is 0. The van der Waals surface area contributed by atoms with E-state index in [4.69, 9.17) is 17.0 Å². The third kappa shape index (κ3) is 2.51. The number of amidine groups is 1. The molecule has 1 aliphatic heterocycles. The quantitative estimate of drug-likeness (QED) is 0.574. The van der Waals surface area contributed by atoms with Crippen molar-refractivity contribution >= 4 is 17.4 Å². The Morgan fingerprint density at radius 3 is 2.27 bits per heavy atom. The molecule has 0 aliphatic carbocycles. The van der Waals surface area contributed by atoms with Gasteiger partial charge in [0.1, 0.15) is 5.84 Å². The van der Waals surface area contributed by atoms with Gasteiger partial charge in [0.05, 0.1) is 0 Å². The fraction of sp³-hybridized carbons (Fsp3) is 0.417. The van der Waals surface area contributed by atoms with E-state index >= 15 is 0 Å². The fourth-order valence-corrected chi connectivity index (χ4v) is 2.03. The molecule has 0 bridgehead atoms. The molecule has 1 aromatic rings. The van der Waals surface area contributed by atoms with Gasteiger partial charge in [-0.2, -0.15) is 0 Å². The van der Waals surface area contributed by atoms with E-state index < -0.39 is 0 Å². The molecule has 0 spiro atoms. The molecular formula is C12H15ClN2. The maximum absolute atomic E-state index is 8.08. The number of rotatable bonds is 1. The second-order valence-electron chi connectivity index (χ2n) is 3.90. The number of likely N-dealkylation sites (tertiary alicyclic amines) is 1. The topological polar surface area (TPSA) is 27.1 Å². The smallest absolute Gasteiger partial charge is 0.128 e. The van der Waals surface area contributed by atoms with Crippen molar-refractivity contribution in [3.8, 4) is 0 Å². The van der Waals surface area contributed by atoms with Crippen LogP contribution in [-0.2, 0) is 0 Å². The zero-order valence-electron chi connectivity index (χ0n) is 8.67. The number of nitrogens with one attached hydrogen (secondary N) is 1. The van der Waals surface area contributed by atoms with Gasteiger partial charge in [0.2, 0.25) is 0 Å². The highest BCUT2D eigenvalue weighted by Gasteiger charge is 2.14. The highest BCUT2D eigenvalue weighted by molar-refractivity contribution is 6.30. The van der Waals surface area contributed by atoms with Gasteiger partial charge in [-0.25, -0.2) is 0 Å². The van der Waals surface area contributed by atoms with Crippen LogP contribution in [0.25, 0.3) is 0 Å². The lowest BCUT2D eigenvalue weighted by Gasteiger charge is -2.29. The number of nitrogens with zero attached hydrogens (tertiary/aromatic N) is 1. The van der Waals surface area contributed by atoms with Gasteiger partial charge in [-0.05, 0) is 43.5 Å². The van der Waals surface area contributed by atoms with E-state index in [-0.39, 0.29) is 0 Å². The molecule has 2 rings (SSSR count). The van der Waals surface area contributed by atoms with Crippen molar-refractivity contribution in [1.29, 1.82) is 5.41 Å². The standard InChI is InChI=1S/C12H15ClN2/c13-11-6-4-10(5-7-11)12(14)15-8-2-1-3-9-15/h4-7,14H,1-3,8-9H2. The van der Waals surface area contributed by atoms with Crippen molar-refractivity contribution in [2.24, 2.45) is 0 Å². The minimum atomic E-state index is 0.631. The molecule has 1 aliphatic rings. The maximum atomic E-state index is 8.08. The zero-order chi connectivity index (χ0) is 10.7. The minimum absolute atomic E-state index is 0.631. The van der Waals surface area contributed by atoms with Crippen LogP contribution in [0.4, 0.5) is 0 Å². The molecule has 15 heavy (non-hydrogen) atoms. The first-order chi connectivity index (χ1) is 7.27. The summed E-state index contributed by atoms with van der Waals surface area (Å²) in [5.74, 6) is 0.631. The molecule has 2 nitrogen and oxygen atoms in total. The molecule has 0 atom stereocenters. The van der Waals surface area contributed by atoms with Crippen LogP contribution < -0.4 is 0 Å². The summed E-state index contributed by atoms with van der Waals surface area (Å²) < 4.78 is 0. The number of hydrogen-bond donors (Lipinski definition) is 1. The molecule has 1 heterocycles. The van der Waals surface area contributed by atoms with Crippen LogP contribution in [0.3, 0.4) is 0 Å². The predicted octanol–water partition coefficient (Wildman–Crippen LogP) is 3.15. The Labute approximate surface area is 95.4 Å². The van der Waals surface area contributed by atoms with Crippen molar-refractivity contribution in [3.05, 3.63) is 34.9 Å². The third-order valence-electron chi connectivity index (χ3n) is 2.79. The fourth-order valence-electron chi connectivity index (χ4n) is 1.91. The molecule has 1 saturated heterocycles. The number of hydrogen-bond acceptors (Lipinski definition) is 1. The normalized spacial score (nSPS) is 16.5. The summed E-state index contributed by atoms with van der Waals surface area (Å²) in [6.45, 7) is 2.03. The van der Waals surface area contributed by atoms with Crippen molar-refractivity contribution < 1.29 is 0 Å². The van der Waals surface area contributed by atoms with Crippen LogP contribution in [0.1, 0.15) is 24.8 Å². The van der Waals surface area contributed by atoms with Crippen LogP contribution in [0.5, 0.6) is 0 Å². The minimum Gasteiger partial charge on any atom is -0.357 e. The van der Waals surface area contributed by atoms with Crippen molar-refractivity contribution in [3.63, 3.8) is 0 Å². The molecule has 1 aromatic carbocycles. The molecule has 0 amide bonds. The molecule has 0 saturated carbocycles. The van der Waals surface area contributed by atoms with E-state index in [0.717, 1.165) is 23.7 Å². The predicted molar refractivity (Wildman–Crippen MR) is 63.7 cm³/mol. The van der Waals surface area contributed by atoms with E-state index in [1.54, 1.807) is 0 Å². The van der Waals surface area contributed by atoms with E-state index in [1.807, 2.05) is 24.3 Å². The van der Waals surface area contributed by atoms with Gasteiger partial charge < -0.3 is 4.90 Å². The summed E-state index contributed by atoms with van der Waals surface area (Å²) in [5, 5.41) is 8.80. The summed E-state index contributed by atoms with van der Waals surface area (Å²) >= 11 is 5.82. The van der Waals surface area contributed by atoms with Gasteiger partial charge >= 0.3 is 0 Å².